The van der Waals surface area contributed by atoms with Gasteiger partial charge in [0, 0.05) is 23.0 Å². The molecule has 10 heteroatoms. The number of aryl methyl sites for hydroxylation is 4. The zero-order chi connectivity index (χ0) is 26.7. The number of carbonyl (C=O) groups excluding carboxylic acids is 1. The Kier molecular flexibility index (Phi) is 7.21. The van der Waals surface area contributed by atoms with Crippen molar-refractivity contribution in [3.8, 4) is 28.8 Å². The standard InChI is InChI=1S/C27H26N4O5S/c1-16-9-12-23(17(2)13-16)36-27-21(25(32)31-37(33,34)24-8-6-7-19(4)29-24)10-11-22(30-27)20-14-18(3)26(35-5)28-15-20/h6-15H,1-5H3,(H,31,32). The lowest BCUT2D eigenvalue weighted by molar-refractivity contribution is 0.0978. The molecule has 1 N–H and O–H groups in total. The van der Waals surface area contributed by atoms with Crippen molar-refractivity contribution in [2.45, 2.75) is 32.7 Å². The van der Waals surface area contributed by atoms with Crippen LogP contribution in [-0.2, 0) is 10.0 Å². The Morgan fingerprint density at radius 1 is 0.892 bits per heavy atom. The lowest BCUT2D eigenvalue weighted by atomic mass is 10.1. The van der Waals surface area contributed by atoms with Gasteiger partial charge in [-0.2, -0.15) is 8.42 Å². The lowest BCUT2D eigenvalue weighted by Crippen LogP contribution is -2.31. The van der Waals surface area contributed by atoms with Crippen molar-refractivity contribution in [1.82, 2.24) is 19.7 Å². The van der Waals surface area contributed by atoms with Crippen LogP contribution in [0.4, 0.5) is 0 Å². The zero-order valence-corrected chi connectivity index (χ0v) is 21.9. The number of sulfonamides is 1. The van der Waals surface area contributed by atoms with Gasteiger partial charge in [-0.25, -0.2) is 19.7 Å². The Labute approximate surface area is 215 Å². The highest BCUT2D eigenvalue weighted by atomic mass is 32.2. The monoisotopic (exact) mass is 518 g/mol. The first-order valence-corrected chi connectivity index (χ1v) is 12.8. The summed E-state index contributed by atoms with van der Waals surface area (Å²) in [4.78, 5) is 26.0. The number of hydrogen-bond donors (Lipinski definition) is 1. The minimum atomic E-state index is -4.23. The largest absolute Gasteiger partial charge is 0.481 e. The summed E-state index contributed by atoms with van der Waals surface area (Å²) in [6, 6.07) is 15.0. The van der Waals surface area contributed by atoms with Gasteiger partial charge < -0.3 is 9.47 Å². The number of ether oxygens (including phenoxy) is 2. The number of benzene rings is 1. The second-order valence-corrected chi connectivity index (χ2v) is 10.2. The first-order chi connectivity index (χ1) is 17.6. The van der Waals surface area contributed by atoms with Crippen LogP contribution in [0.2, 0.25) is 0 Å². The number of carbonyl (C=O) groups is 1. The first kappa shape index (κ1) is 25.8. The van der Waals surface area contributed by atoms with E-state index in [2.05, 4.69) is 19.7 Å². The van der Waals surface area contributed by atoms with E-state index < -0.39 is 15.9 Å². The maximum Gasteiger partial charge on any atom is 0.281 e. The van der Waals surface area contributed by atoms with E-state index in [-0.39, 0.29) is 16.5 Å². The van der Waals surface area contributed by atoms with E-state index in [1.54, 1.807) is 37.4 Å². The van der Waals surface area contributed by atoms with Crippen molar-refractivity contribution in [2.75, 3.05) is 7.11 Å². The maximum absolute atomic E-state index is 13.2. The van der Waals surface area contributed by atoms with Gasteiger partial charge in [-0.05, 0) is 69.7 Å². The molecule has 0 aliphatic carbocycles. The van der Waals surface area contributed by atoms with Gasteiger partial charge in [0.15, 0.2) is 5.03 Å². The Hall–Kier alpha value is -4.31. The molecule has 0 fully saturated rings. The summed E-state index contributed by atoms with van der Waals surface area (Å²) in [6.45, 7) is 7.35. The molecule has 0 spiro atoms. The molecule has 0 saturated carbocycles. The van der Waals surface area contributed by atoms with E-state index >= 15 is 0 Å². The van der Waals surface area contributed by atoms with Crippen molar-refractivity contribution >= 4 is 15.9 Å². The molecule has 0 radical (unpaired) electrons. The maximum atomic E-state index is 13.2. The molecule has 0 bridgehead atoms. The van der Waals surface area contributed by atoms with Crippen LogP contribution < -0.4 is 14.2 Å². The van der Waals surface area contributed by atoms with Gasteiger partial charge in [0.25, 0.3) is 15.9 Å². The predicted octanol–water partition coefficient (Wildman–Crippen LogP) is 4.69. The summed E-state index contributed by atoms with van der Waals surface area (Å²) >= 11 is 0. The summed E-state index contributed by atoms with van der Waals surface area (Å²) in [5.41, 5.74) is 4.28. The molecule has 4 rings (SSSR count). The summed E-state index contributed by atoms with van der Waals surface area (Å²) in [6.07, 6.45) is 1.60. The van der Waals surface area contributed by atoms with Crippen LogP contribution in [0.25, 0.3) is 11.3 Å². The van der Waals surface area contributed by atoms with Crippen molar-refractivity contribution in [1.29, 1.82) is 0 Å². The van der Waals surface area contributed by atoms with Gasteiger partial charge in [-0.15, -0.1) is 0 Å². The van der Waals surface area contributed by atoms with Crippen LogP contribution in [-0.4, -0.2) is 36.4 Å². The number of rotatable bonds is 7. The van der Waals surface area contributed by atoms with Gasteiger partial charge >= 0.3 is 0 Å². The van der Waals surface area contributed by atoms with Gasteiger partial charge in [-0.1, -0.05) is 23.8 Å². The number of nitrogens with zero attached hydrogens (tertiary/aromatic N) is 3. The zero-order valence-electron chi connectivity index (χ0n) is 21.1. The SMILES string of the molecule is COc1ncc(-c2ccc(C(=O)NS(=O)(=O)c3cccc(C)n3)c(Oc3ccc(C)cc3C)n2)cc1C. The molecular formula is C27H26N4O5S. The van der Waals surface area contributed by atoms with Crippen molar-refractivity contribution in [2.24, 2.45) is 0 Å². The second-order valence-electron chi connectivity index (χ2n) is 8.52. The third-order valence-corrected chi connectivity index (χ3v) is 6.76. The second kappa shape index (κ2) is 10.4. The Morgan fingerprint density at radius 2 is 1.68 bits per heavy atom. The Balaban J connectivity index is 1.76. The Bertz CT molecular complexity index is 1600. The highest BCUT2D eigenvalue weighted by Crippen LogP contribution is 2.31. The van der Waals surface area contributed by atoms with Gasteiger partial charge in [0.2, 0.25) is 11.8 Å². The lowest BCUT2D eigenvalue weighted by Gasteiger charge is -2.14. The molecule has 9 nitrogen and oxygen atoms in total. The van der Waals surface area contributed by atoms with E-state index in [0.29, 0.717) is 28.6 Å². The van der Waals surface area contributed by atoms with Gasteiger partial charge in [0.05, 0.1) is 12.8 Å². The molecule has 37 heavy (non-hydrogen) atoms. The minimum Gasteiger partial charge on any atom is -0.481 e. The van der Waals surface area contributed by atoms with Gasteiger partial charge in [-0.3, -0.25) is 4.79 Å². The van der Waals surface area contributed by atoms with E-state index in [1.807, 2.05) is 39.0 Å². The summed E-state index contributed by atoms with van der Waals surface area (Å²) in [7, 11) is -2.69. The number of amides is 1. The summed E-state index contributed by atoms with van der Waals surface area (Å²) in [5.74, 6) is 0.0204. The van der Waals surface area contributed by atoms with Crippen molar-refractivity contribution < 1.29 is 22.7 Å². The number of hydrogen-bond acceptors (Lipinski definition) is 8. The molecule has 0 unspecified atom stereocenters. The fourth-order valence-corrected chi connectivity index (χ4v) is 4.66. The van der Waals surface area contributed by atoms with Gasteiger partial charge in [0.1, 0.15) is 11.3 Å². The molecule has 4 aromatic rings. The molecule has 190 valence electrons. The summed E-state index contributed by atoms with van der Waals surface area (Å²) in [5, 5.41) is -0.262. The minimum absolute atomic E-state index is 0.0529. The molecule has 3 aromatic heterocycles. The highest BCUT2D eigenvalue weighted by molar-refractivity contribution is 7.90. The van der Waals surface area contributed by atoms with E-state index in [0.717, 1.165) is 16.7 Å². The molecule has 3 heterocycles. The van der Waals surface area contributed by atoms with Crippen LogP contribution in [0.3, 0.4) is 0 Å². The number of aromatic nitrogens is 3. The smallest absolute Gasteiger partial charge is 0.281 e. The van der Waals surface area contributed by atoms with Crippen LogP contribution in [0, 0.1) is 27.7 Å². The molecule has 1 amide bonds. The van der Waals surface area contributed by atoms with Crippen LogP contribution in [0.15, 0.2) is 65.8 Å². The number of methoxy groups -OCH3 is 1. The molecule has 0 aliphatic rings. The Morgan fingerprint density at radius 3 is 2.35 bits per heavy atom. The molecule has 1 aromatic carbocycles. The molecule has 0 aliphatic heterocycles. The normalized spacial score (nSPS) is 11.2. The predicted molar refractivity (Wildman–Crippen MR) is 138 cm³/mol. The third kappa shape index (κ3) is 5.75. The fourth-order valence-electron chi connectivity index (χ4n) is 3.68. The quantitative estimate of drug-likeness (QED) is 0.374. The third-order valence-electron chi connectivity index (χ3n) is 5.53. The van der Waals surface area contributed by atoms with Crippen molar-refractivity contribution in [3.05, 3.63) is 88.7 Å². The van der Waals surface area contributed by atoms with Crippen LogP contribution in [0.1, 0.15) is 32.7 Å². The first-order valence-electron chi connectivity index (χ1n) is 11.4. The highest BCUT2D eigenvalue weighted by Gasteiger charge is 2.24. The average molecular weight is 519 g/mol. The number of pyridine rings is 3. The van der Waals surface area contributed by atoms with E-state index in [9.17, 15) is 13.2 Å². The fraction of sp³-hybridized carbons (Fsp3) is 0.185. The van der Waals surface area contributed by atoms with E-state index in [1.165, 1.54) is 19.2 Å². The number of nitrogens with one attached hydrogen (secondary N) is 1. The molecule has 0 saturated heterocycles. The average Bonchev–Trinajstić information content (AvgIpc) is 2.85. The van der Waals surface area contributed by atoms with Crippen molar-refractivity contribution in [3.63, 3.8) is 0 Å². The summed E-state index contributed by atoms with van der Waals surface area (Å²) < 4.78 is 39.0. The van der Waals surface area contributed by atoms with Crippen LogP contribution >= 0.6 is 0 Å². The van der Waals surface area contributed by atoms with Crippen LogP contribution in [0.5, 0.6) is 17.5 Å². The molecule has 0 atom stereocenters. The topological polar surface area (TPSA) is 120 Å². The molecular weight excluding hydrogens is 492 g/mol. The van der Waals surface area contributed by atoms with E-state index in [4.69, 9.17) is 9.47 Å².